The van der Waals surface area contributed by atoms with Gasteiger partial charge in [-0.3, -0.25) is 4.68 Å². The molecule has 0 unspecified atom stereocenters. The fourth-order valence-corrected chi connectivity index (χ4v) is 2.75. The lowest BCUT2D eigenvalue weighted by molar-refractivity contribution is 0.554. The molecule has 5 nitrogen and oxygen atoms in total. The summed E-state index contributed by atoms with van der Waals surface area (Å²) >= 11 is 2.22. The second-order valence-electron chi connectivity index (χ2n) is 6.26. The van der Waals surface area contributed by atoms with Crippen LogP contribution in [0.2, 0.25) is 0 Å². The molecule has 0 saturated carbocycles. The minimum atomic E-state index is -0.0668. The van der Waals surface area contributed by atoms with E-state index in [2.05, 4.69) is 60.4 Å². The molecule has 0 spiro atoms. The summed E-state index contributed by atoms with van der Waals surface area (Å²) in [6, 6.07) is 0. The van der Waals surface area contributed by atoms with Gasteiger partial charge in [0.05, 0.1) is 20.5 Å². The van der Waals surface area contributed by atoms with Crippen molar-refractivity contribution in [3.05, 3.63) is 21.2 Å². The topological polar surface area (TPSA) is 69.6 Å². The fourth-order valence-electron chi connectivity index (χ4n) is 2.24. The van der Waals surface area contributed by atoms with Crippen molar-refractivity contribution in [3.63, 3.8) is 0 Å². The SMILES string of the molecule is CCCc1nc(-c2cn(C)nc2C(C)(C)C)nc(N)c1I. The number of nitrogens with two attached hydrogens (primary N) is 1. The van der Waals surface area contributed by atoms with E-state index in [0.29, 0.717) is 11.6 Å². The third kappa shape index (κ3) is 3.36. The Labute approximate surface area is 139 Å². The molecule has 0 saturated heterocycles. The Bertz CT molecular complexity index is 655. The molecular weight excluding hydrogens is 377 g/mol. The van der Waals surface area contributed by atoms with Crippen molar-refractivity contribution < 1.29 is 0 Å². The maximum atomic E-state index is 6.07. The Kier molecular flexibility index (Phi) is 4.55. The first kappa shape index (κ1) is 16.2. The van der Waals surface area contributed by atoms with Gasteiger partial charge in [-0.2, -0.15) is 5.10 Å². The van der Waals surface area contributed by atoms with Gasteiger partial charge in [-0.25, -0.2) is 9.97 Å². The number of hydrogen-bond donors (Lipinski definition) is 1. The quantitative estimate of drug-likeness (QED) is 0.805. The number of anilines is 1. The summed E-state index contributed by atoms with van der Waals surface area (Å²) in [5, 5.41) is 4.58. The number of aryl methyl sites for hydroxylation is 2. The van der Waals surface area contributed by atoms with Gasteiger partial charge in [0, 0.05) is 18.7 Å². The van der Waals surface area contributed by atoms with Crippen LogP contribution in [0.3, 0.4) is 0 Å². The van der Waals surface area contributed by atoms with Crippen molar-refractivity contribution in [1.29, 1.82) is 0 Å². The number of nitrogens with zero attached hydrogens (tertiary/aromatic N) is 4. The average Bonchev–Trinajstić information content (AvgIpc) is 2.77. The largest absolute Gasteiger partial charge is 0.383 e. The molecule has 0 aromatic carbocycles. The first-order valence-corrected chi connectivity index (χ1v) is 8.18. The van der Waals surface area contributed by atoms with Gasteiger partial charge in [0.1, 0.15) is 5.82 Å². The van der Waals surface area contributed by atoms with Crippen LogP contribution < -0.4 is 5.73 Å². The highest BCUT2D eigenvalue weighted by atomic mass is 127. The van der Waals surface area contributed by atoms with Gasteiger partial charge < -0.3 is 5.73 Å². The molecule has 0 aliphatic rings. The summed E-state index contributed by atoms with van der Waals surface area (Å²) in [7, 11) is 1.92. The maximum Gasteiger partial charge on any atom is 0.165 e. The molecule has 2 N–H and O–H groups in total. The molecule has 2 aromatic rings. The molecule has 2 aromatic heterocycles. The zero-order valence-corrected chi connectivity index (χ0v) is 15.4. The Balaban J connectivity index is 2.62. The van der Waals surface area contributed by atoms with Gasteiger partial charge in [0.15, 0.2) is 5.82 Å². The fraction of sp³-hybridized carbons (Fsp3) is 0.533. The highest BCUT2D eigenvalue weighted by Gasteiger charge is 2.25. The van der Waals surface area contributed by atoms with Gasteiger partial charge >= 0.3 is 0 Å². The molecule has 0 fully saturated rings. The normalized spacial score (nSPS) is 11.9. The van der Waals surface area contributed by atoms with Gasteiger partial charge in [0.25, 0.3) is 0 Å². The van der Waals surface area contributed by atoms with E-state index >= 15 is 0 Å². The minimum absolute atomic E-state index is 0.0668. The van der Waals surface area contributed by atoms with E-state index in [1.54, 1.807) is 0 Å². The van der Waals surface area contributed by atoms with E-state index in [4.69, 9.17) is 10.7 Å². The molecule has 6 heteroatoms. The summed E-state index contributed by atoms with van der Waals surface area (Å²) in [4.78, 5) is 9.21. The molecule has 0 amide bonds. The summed E-state index contributed by atoms with van der Waals surface area (Å²) in [6.07, 6.45) is 3.91. The number of rotatable bonds is 3. The van der Waals surface area contributed by atoms with E-state index in [1.165, 1.54) is 0 Å². The molecule has 21 heavy (non-hydrogen) atoms. The molecule has 0 aliphatic carbocycles. The Morgan fingerprint density at radius 2 is 1.95 bits per heavy atom. The first-order chi connectivity index (χ1) is 9.74. The van der Waals surface area contributed by atoms with Crippen LogP contribution in [-0.4, -0.2) is 19.7 Å². The van der Waals surface area contributed by atoms with E-state index in [-0.39, 0.29) is 5.41 Å². The maximum absolute atomic E-state index is 6.07. The second kappa shape index (κ2) is 5.90. The standard InChI is InChI=1S/C15H22IN5/c1-6-7-10-11(16)13(17)19-14(18-10)9-8-21(5)20-12(9)15(2,3)4/h8H,6-7H2,1-5H3,(H2,17,18,19). The molecule has 2 heterocycles. The minimum Gasteiger partial charge on any atom is -0.383 e. The molecular formula is C15H22IN5. The van der Waals surface area contributed by atoms with Crippen molar-refractivity contribution in [1.82, 2.24) is 19.7 Å². The second-order valence-corrected chi connectivity index (χ2v) is 7.34. The van der Waals surface area contributed by atoms with Crippen LogP contribution in [0.4, 0.5) is 5.82 Å². The Morgan fingerprint density at radius 3 is 2.52 bits per heavy atom. The third-order valence-corrected chi connectivity index (χ3v) is 4.39. The number of halogens is 1. The molecule has 0 radical (unpaired) electrons. The number of nitrogen functional groups attached to an aromatic ring is 1. The Morgan fingerprint density at radius 1 is 1.29 bits per heavy atom. The lowest BCUT2D eigenvalue weighted by atomic mass is 9.89. The average molecular weight is 399 g/mol. The predicted octanol–water partition coefficient (Wildman–Crippen LogP) is 3.31. The monoisotopic (exact) mass is 399 g/mol. The van der Waals surface area contributed by atoms with Crippen LogP contribution in [0.25, 0.3) is 11.4 Å². The van der Waals surface area contributed by atoms with Crippen LogP contribution in [0.15, 0.2) is 6.20 Å². The van der Waals surface area contributed by atoms with E-state index < -0.39 is 0 Å². The van der Waals surface area contributed by atoms with Gasteiger partial charge in [0.2, 0.25) is 0 Å². The van der Waals surface area contributed by atoms with Crippen molar-refractivity contribution in [2.45, 2.75) is 46.0 Å². The predicted molar refractivity (Wildman–Crippen MR) is 94.1 cm³/mol. The highest BCUT2D eigenvalue weighted by molar-refractivity contribution is 14.1. The highest BCUT2D eigenvalue weighted by Crippen LogP contribution is 2.31. The van der Waals surface area contributed by atoms with Crippen LogP contribution in [0.1, 0.15) is 45.5 Å². The zero-order valence-electron chi connectivity index (χ0n) is 13.2. The lowest BCUT2D eigenvalue weighted by Gasteiger charge is -2.17. The molecule has 2 rings (SSSR count). The van der Waals surface area contributed by atoms with Crippen LogP contribution >= 0.6 is 22.6 Å². The summed E-state index contributed by atoms with van der Waals surface area (Å²) in [5.74, 6) is 1.22. The lowest BCUT2D eigenvalue weighted by Crippen LogP contribution is -2.15. The van der Waals surface area contributed by atoms with Gasteiger partial charge in [-0.15, -0.1) is 0 Å². The van der Waals surface area contributed by atoms with Crippen LogP contribution in [0, 0.1) is 3.57 Å². The third-order valence-electron chi connectivity index (χ3n) is 3.21. The first-order valence-electron chi connectivity index (χ1n) is 7.10. The summed E-state index contributed by atoms with van der Waals surface area (Å²) < 4.78 is 2.77. The molecule has 0 atom stereocenters. The van der Waals surface area contributed by atoms with Crippen molar-refractivity contribution >= 4 is 28.4 Å². The van der Waals surface area contributed by atoms with Crippen molar-refractivity contribution in [3.8, 4) is 11.4 Å². The van der Waals surface area contributed by atoms with E-state index in [9.17, 15) is 0 Å². The van der Waals surface area contributed by atoms with Gasteiger partial charge in [-0.05, 0) is 29.0 Å². The van der Waals surface area contributed by atoms with Crippen LogP contribution in [0.5, 0.6) is 0 Å². The number of hydrogen-bond acceptors (Lipinski definition) is 4. The zero-order chi connectivity index (χ0) is 15.8. The Hall–Kier alpha value is -1.18. The van der Waals surface area contributed by atoms with Crippen molar-refractivity contribution in [2.24, 2.45) is 7.05 Å². The molecule has 0 aliphatic heterocycles. The van der Waals surface area contributed by atoms with Crippen LogP contribution in [-0.2, 0) is 18.9 Å². The molecule has 114 valence electrons. The van der Waals surface area contributed by atoms with E-state index in [1.807, 2.05) is 17.9 Å². The van der Waals surface area contributed by atoms with Crippen molar-refractivity contribution in [2.75, 3.05) is 5.73 Å². The van der Waals surface area contributed by atoms with E-state index in [0.717, 1.165) is 33.4 Å². The summed E-state index contributed by atoms with van der Waals surface area (Å²) in [6.45, 7) is 8.56. The molecule has 0 bridgehead atoms. The smallest absolute Gasteiger partial charge is 0.165 e. The summed E-state index contributed by atoms with van der Waals surface area (Å²) in [5.41, 5.74) is 8.98. The van der Waals surface area contributed by atoms with Gasteiger partial charge in [-0.1, -0.05) is 34.1 Å². The number of aromatic nitrogens is 4.